The fraction of sp³-hybridized carbons (Fsp3) is 0.200. The number of carbonyl (C=O) groups excluding carboxylic acids is 1. The summed E-state index contributed by atoms with van der Waals surface area (Å²) in [7, 11) is 0. The highest BCUT2D eigenvalue weighted by Crippen LogP contribution is 2.35. The number of nitrogens with one attached hydrogen (secondary N) is 1. The lowest BCUT2D eigenvalue weighted by atomic mass is 10.1. The second kappa shape index (κ2) is 6.76. The van der Waals surface area contributed by atoms with Gasteiger partial charge in [0.05, 0.1) is 5.70 Å². The zero-order valence-electron chi connectivity index (χ0n) is 14.0. The van der Waals surface area contributed by atoms with Crippen molar-refractivity contribution in [2.24, 2.45) is 0 Å². The van der Waals surface area contributed by atoms with Crippen LogP contribution in [0.25, 0.3) is 10.9 Å². The molecule has 25 heavy (non-hydrogen) atoms. The molecule has 1 aromatic carbocycles. The summed E-state index contributed by atoms with van der Waals surface area (Å²) < 4.78 is 2.17. The van der Waals surface area contributed by atoms with Gasteiger partial charge in [-0.05, 0) is 18.6 Å². The van der Waals surface area contributed by atoms with Crippen LogP contribution < -0.4 is 5.32 Å². The van der Waals surface area contributed by atoms with Gasteiger partial charge < -0.3 is 9.88 Å². The minimum Gasteiger partial charge on any atom is -0.366 e. The third-order valence-electron chi connectivity index (χ3n) is 4.34. The van der Waals surface area contributed by atoms with E-state index in [0.29, 0.717) is 5.70 Å². The van der Waals surface area contributed by atoms with E-state index >= 15 is 0 Å². The Morgan fingerprint density at radius 2 is 2.16 bits per heavy atom. The smallest absolute Gasteiger partial charge is 0.211 e. The van der Waals surface area contributed by atoms with Crippen molar-refractivity contribution in [3.8, 4) is 0 Å². The molecule has 0 bridgehead atoms. The van der Waals surface area contributed by atoms with Gasteiger partial charge in [0.25, 0.3) is 0 Å². The minimum atomic E-state index is 0.0386. The van der Waals surface area contributed by atoms with Crippen LogP contribution in [0.5, 0.6) is 0 Å². The van der Waals surface area contributed by atoms with Crippen molar-refractivity contribution >= 4 is 28.4 Å². The summed E-state index contributed by atoms with van der Waals surface area (Å²) in [5, 5.41) is 6.31. The van der Waals surface area contributed by atoms with E-state index in [2.05, 4.69) is 27.9 Å². The van der Waals surface area contributed by atoms with Crippen molar-refractivity contribution in [1.29, 1.82) is 0 Å². The number of hydrogen-bond donors (Lipinski definition) is 1. The Morgan fingerprint density at radius 1 is 1.28 bits per heavy atom. The van der Waals surface area contributed by atoms with Crippen molar-refractivity contribution in [1.82, 2.24) is 14.9 Å². The lowest BCUT2D eigenvalue weighted by molar-refractivity contribution is 0.102. The Labute approximate surface area is 151 Å². The van der Waals surface area contributed by atoms with Gasteiger partial charge in [0.1, 0.15) is 5.37 Å². The number of para-hydroxylation sites is 1. The van der Waals surface area contributed by atoms with E-state index < -0.39 is 0 Å². The van der Waals surface area contributed by atoms with E-state index in [1.807, 2.05) is 48.1 Å². The van der Waals surface area contributed by atoms with Crippen LogP contribution in [0.2, 0.25) is 0 Å². The van der Waals surface area contributed by atoms with Gasteiger partial charge in [0.15, 0.2) is 0 Å². The number of ketones is 1. The van der Waals surface area contributed by atoms with E-state index in [9.17, 15) is 4.79 Å². The van der Waals surface area contributed by atoms with Crippen LogP contribution in [0.4, 0.5) is 0 Å². The number of nitrogens with zero attached hydrogens (tertiary/aromatic N) is 2. The van der Waals surface area contributed by atoms with Crippen molar-refractivity contribution in [3.05, 3.63) is 77.2 Å². The van der Waals surface area contributed by atoms with E-state index in [1.54, 1.807) is 18.0 Å². The average molecular weight is 349 g/mol. The fourth-order valence-electron chi connectivity index (χ4n) is 3.16. The molecular weight excluding hydrogens is 330 g/mol. The Hall–Kier alpha value is -2.53. The number of fused-ring (bicyclic) bond motifs is 1. The molecule has 3 heterocycles. The first-order valence-corrected chi connectivity index (χ1v) is 9.37. The highest BCUT2D eigenvalue weighted by atomic mass is 32.2. The summed E-state index contributed by atoms with van der Waals surface area (Å²) in [6, 6.07) is 12.0. The summed E-state index contributed by atoms with van der Waals surface area (Å²) in [5.41, 5.74) is 3.59. The van der Waals surface area contributed by atoms with Crippen molar-refractivity contribution in [2.45, 2.75) is 25.3 Å². The molecule has 0 fully saturated rings. The number of hydrogen-bond acceptors (Lipinski definition) is 4. The molecule has 4 rings (SSSR count). The number of benzene rings is 1. The molecule has 126 valence electrons. The number of thioether (sulfide) groups is 1. The van der Waals surface area contributed by atoms with E-state index in [-0.39, 0.29) is 11.2 Å². The molecule has 1 N–H and O–H groups in total. The first-order valence-electron chi connectivity index (χ1n) is 8.42. The first-order chi connectivity index (χ1) is 12.3. The molecule has 1 aliphatic heterocycles. The molecule has 0 spiro atoms. The van der Waals surface area contributed by atoms with Gasteiger partial charge in [-0.3, -0.25) is 9.78 Å². The van der Waals surface area contributed by atoms with Gasteiger partial charge in [-0.15, -0.1) is 11.8 Å². The van der Waals surface area contributed by atoms with E-state index in [1.165, 1.54) is 0 Å². The Bertz CT molecular complexity index is 946. The molecule has 3 aromatic rings. The average Bonchev–Trinajstić information content (AvgIpc) is 3.28. The van der Waals surface area contributed by atoms with Gasteiger partial charge in [-0.1, -0.05) is 31.2 Å². The van der Waals surface area contributed by atoms with Crippen molar-refractivity contribution in [2.75, 3.05) is 0 Å². The molecule has 1 unspecified atom stereocenters. The van der Waals surface area contributed by atoms with Crippen LogP contribution in [0.3, 0.4) is 0 Å². The number of Topliss-reactive ketones (excluding diaryl/α,β-unsaturated/α-hetero) is 1. The highest BCUT2D eigenvalue weighted by Gasteiger charge is 2.25. The summed E-state index contributed by atoms with van der Waals surface area (Å²) in [4.78, 5) is 17.2. The number of pyridine rings is 1. The predicted octanol–water partition coefficient (Wildman–Crippen LogP) is 4.51. The summed E-state index contributed by atoms with van der Waals surface area (Å²) in [5.74, 6) is 0.0462. The monoisotopic (exact) mass is 349 g/mol. The number of carbonyl (C=O) groups is 1. The third kappa shape index (κ3) is 2.96. The van der Waals surface area contributed by atoms with Gasteiger partial charge in [-0.25, -0.2) is 0 Å². The maximum absolute atomic E-state index is 13.1. The molecule has 1 atom stereocenters. The topological polar surface area (TPSA) is 46.9 Å². The fourth-order valence-corrected chi connectivity index (χ4v) is 4.09. The van der Waals surface area contributed by atoms with E-state index in [4.69, 9.17) is 0 Å². The first kappa shape index (κ1) is 16.0. The molecule has 0 aliphatic carbocycles. The van der Waals surface area contributed by atoms with Crippen molar-refractivity contribution in [3.63, 3.8) is 0 Å². The number of aromatic nitrogens is 2. The Morgan fingerprint density at radius 3 is 2.96 bits per heavy atom. The summed E-state index contributed by atoms with van der Waals surface area (Å²) >= 11 is 1.61. The predicted molar refractivity (Wildman–Crippen MR) is 102 cm³/mol. The van der Waals surface area contributed by atoms with Crippen molar-refractivity contribution < 1.29 is 4.79 Å². The third-order valence-corrected chi connectivity index (χ3v) is 5.37. The molecule has 0 saturated carbocycles. The van der Waals surface area contributed by atoms with Crippen LogP contribution in [-0.2, 0) is 6.54 Å². The normalized spacial score (nSPS) is 16.7. The molecule has 0 amide bonds. The van der Waals surface area contributed by atoms with Gasteiger partial charge in [0, 0.05) is 52.6 Å². The van der Waals surface area contributed by atoms with Crippen LogP contribution >= 0.6 is 11.8 Å². The highest BCUT2D eigenvalue weighted by molar-refractivity contribution is 8.02. The van der Waals surface area contributed by atoms with Crippen LogP contribution in [0, 0.1) is 0 Å². The number of allylic oxidation sites excluding steroid dienone is 1. The zero-order chi connectivity index (χ0) is 17.2. The number of aryl methyl sites for hydroxylation is 1. The van der Waals surface area contributed by atoms with Crippen LogP contribution in [-0.4, -0.2) is 15.3 Å². The SMILES string of the molecule is CCCn1cc(C(=O)C2=CSC(c3cccnc3)N2)c2ccccc21. The second-order valence-electron chi connectivity index (χ2n) is 6.06. The molecule has 1 aliphatic rings. The molecular formula is C20H19N3OS. The van der Waals surface area contributed by atoms with Crippen LogP contribution in [0.1, 0.15) is 34.6 Å². The zero-order valence-corrected chi connectivity index (χ0v) is 14.8. The lowest BCUT2D eigenvalue weighted by Crippen LogP contribution is -2.19. The minimum absolute atomic E-state index is 0.0386. The van der Waals surface area contributed by atoms with Gasteiger partial charge in [-0.2, -0.15) is 0 Å². The summed E-state index contributed by atoms with van der Waals surface area (Å²) in [6.07, 6.45) is 6.61. The van der Waals surface area contributed by atoms with Gasteiger partial charge in [0.2, 0.25) is 5.78 Å². The Balaban J connectivity index is 1.63. The molecule has 5 heteroatoms. The number of rotatable bonds is 5. The molecule has 2 aromatic heterocycles. The van der Waals surface area contributed by atoms with Crippen LogP contribution in [0.15, 0.2) is 66.1 Å². The second-order valence-corrected chi connectivity index (χ2v) is 7.04. The maximum atomic E-state index is 13.1. The Kier molecular flexibility index (Phi) is 4.32. The van der Waals surface area contributed by atoms with Gasteiger partial charge >= 0.3 is 0 Å². The summed E-state index contributed by atoms with van der Waals surface area (Å²) in [6.45, 7) is 3.06. The largest absolute Gasteiger partial charge is 0.366 e. The molecule has 0 radical (unpaired) electrons. The maximum Gasteiger partial charge on any atom is 0.211 e. The molecule has 0 saturated heterocycles. The van der Waals surface area contributed by atoms with E-state index in [0.717, 1.165) is 35.0 Å². The quantitative estimate of drug-likeness (QED) is 0.689. The lowest BCUT2D eigenvalue weighted by Gasteiger charge is -2.12. The molecule has 4 nitrogen and oxygen atoms in total. The standard InChI is InChI=1S/C20H19N3OS/c1-2-10-23-12-16(15-7-3-4-8-18(15)23)19(24)17-13-25-20(22-17)14-6-5-9-21-11-14/h3-9,11-13,20,22H,2,10H2,1H3.